The van der Waals surface area contributed by atoms with Gasteiger partial charge in [-0.3, -0.25) is 9.78 Å². The Labute approximate surface area is 206 Å². The molecule has 0 radical (unpaired) electrons. The summed E-state index contributed by atoms with van der Waals surface area (Å²) in [7, 11) is 0. The van der Waals surface area contributed by atoms with Gasteiger partial charge in [0.05, 0.1) is 5.69 Å². The number of nitrogens with zero attached hydrogens (tertiary/aromatic N) is 4. The predicted octanol–water partition coefficient (Wildman–Crippen LogP) is 5.87. The van der Waals surface area contributed by atoms with Gasteiger partial charge in [0.15, 0.2) is 5.78 Å². The van der Waals surface area contributed by atoms with Gasteiger partial charge in [-0.25, -0.2) is 4.98 Å². The standard InChI is InChI=1S/C29H29N5O/c1-20(16-22-8-6-11-24(17-22)21(2)35)32-29-30-14-13-28(33-29)34-15-7-12-25-19-31-26(18-27(25)34)23-9-4-3-5-10-23/h3-6,8-11,13-14,17-20H,7,12,15-16H2,1-2H3,(H,30,32,33). The molecule has 0 saturated carbocycles. The first-order valence-electron chi connectivity index (χ1n) is 12.1. The Kier molecular flexibility index (Phi) is 6.53. The number of hydrogen-bond acceptors (Lipinski definition) is 6. The summed E-state index contributed by atoms with van der Waals surface area (Å²) in [6.07, 6.45) is 6.64. The van der Waals surface area contributed by atoms with Crippen molar-refractivity contribution in [3.63, 3.8) is 0 Å². The number of pyridine rings is 1. The molecule has 0 saturated heterocycles. The summed E-state index contributed by atoms with van der Waals surface area (Å²) >= 11 is 0. The number of aromatic nitrogens is 3. The highest BCUT2D eigenvalue weighted by Crippen LogP contribution is 2.34. The molecule has 0 aliphatic carbocycles. The minimum atomic E-state index is 0.0796. The van der Waals surface area contributed by atoms with Crippen molar-refractivity contribution in [2.75, 3.05) is 16.8 Å². The number of fused-ring (bicyclic) bond motifs is 1. The molecule has 1 N–H and O–H groups in total. The summed E-state index contributed by atoms with van der Waals surface area (Å²) in [6, 6.07) is 22.3. The minimum absolute atomic E-state index is 0.0796. The lowest BCUT2D eigenvalue weighted by atomic mass is 10.0. The van der Waals surface area contributed by atoms with E-state index in [-0.39, 0.29) is 11.8 Å². The Hall–Kier alpha value is -4.06. The molecule has 0 fully saturated rings. The second-order valence-corrected chi connectivity index (χ2v) is 9.06. The highest BCUT2D eigenvalue weighted by atomic mass is 16.1. The van der Waals surface area contributed by atoms with Gasteiger partial charge in [-0.2, -0.15) is 4.98 Å². The SMILES string of the molecule is CC(=O)c1cccc(CC(C)Nc2nccc(N3CCCc4cnc(-c5ccccc5)cc43)n2)c1. The number of benzene rings is 2. The van der Waals surface area contributed by atoms with Crippen LogP contribution in [0.4, 0.5) is 17.5 Å². The fourth-order valence-electron chi connectivity index (χ4n) is 4.58. The second kappa shape index (κ2) is 10.1. The lowest BCUT2D eigenvalue weighted by Crippen LogP contribution is -2.26. The first kappa shape index (κ1) is 22.7. The monoisotopic (exact) mass is 463 g/mol. The van der Waals surface area contributed by atoms with Crippen molar-refractivity contribution in [1.82, 2.24) is 15.0 Å². The predicted molar refractivity (Wildman–Crippen MR) is 140 cm³/mol. The van der Waals surface area contributed by atoms with Gasteiger partial charge in [0, 0.05) is 41.8 Å². The fraction of sp³-hybridized carbons (Fsp3) is 0.241. The molecule has 6 heteroatoms. The summed E-state index contributed by atoms with van der Waals surface area (Å²) in [5.74, 6) is 1.55. The van der Waals surface area contributed by atoms with E-state index >= 15 is 0 Å². The number of carbonyl (C=O) groups is 1. The third-order valence-electron chi connectivity index (χ3n) is 6.32. The van der Waals surface area contributed by atoms with Crippen molar-refractivity contribution in [2.45, 2.75) is 39.2 Å². The first-order valence-corrected chi connectivity index (χ1v) is 12.1. The van der Waals surface area contributed by atoms with Crippen LogP contribution in [0.15, 0.2) is 79.1 Å². The molecule has 1 atom stereocenters. The van der Waals surface area contributed by atoms with Gasteiger partial charge < -0.3 is 10.2 Å². The lowest BCUT2D eigenvalue weighted by Gasteiger charge is -2.30. The van der Waals surface area contributed by atoms with Crippen molar-refractivity contribution in [1.29, 1.82) is 0 Å². The Morgan fingerprint density at radius 1 is 1.06 bits per heavy atom. The van der Waals surface area contributed by atoms with Crippen LogP contribution >= 0.6 is 0 Å². The quantitative estimate of drug-likeness (QED) is 0.346. The Morgan fingerprint density at radius 2 is 1.91 bits per heavy atom. The Balaban J connectivity index is 1.36. The summed E-state index contributed by atoms with van der Waals surface area (Å²) in [4.78, 5) is 28.0. The van der Waals surface area contributed by atoms with Gasteiger partial charge >= 0.3 is 0 Å². The number of rotatable bonds is 7. The largest absolute Gasteiger partial charge is 0.351 e. The van der Waals surface area contributed by atoms with E-state index in [9.17, 15) is 4.79 Å². The van der Waals surface area contributed by atoms with E-state index in [1.54, 1.807) is 13.1 Å². The van der Waals surface area contributed by atoms with Crippen molar-refractivity contribution >= 4 is 23.2 Å². The molecule has 0 spiro atoms. The van der Waals surface area contributed by atoms with Gasteiger partial charge in [-0.05, 0) is 62.4 Å². The molecule has 4 aromatic rings. The highest BCUT2D eigenvalue weighted by Gasteiger charge is 2.21. The zero-order valence-electron chi connectivity index (χ0n) is 20.1. The summed E-state index contributed by atoms with van der Waals surface area (Å²) in [5, 5.41) is 3.43. The van der Waals surface area contributed by atoms with Gasteiger partial charge in [-0.1, -0.05) is 48.5 Å². The smallest absolute Gasteiger partial charge is 0.224 e. The summed E-state index contributed by atoms with van der Waals surface area (Å²) < 4.78 is 0. The molecule has 3 heterocycles. The number of aryl methyl sites for hydroxylation is 1. The van der Waals surface area contributed by atoms with Crippen LogP contribution in [0.2, 0.25) is 0 Å². The molecule has 5 rings (SSSR count). The van der Waals surface area contributed by atoms with Crippen LogP contribution in [0.1, 0.15) is 41.8 Å². The maximum atomic E-state index is 11.7. The average molecular weight is 464 g/mol. The third-order valence-corrected chi connectivity index (χ3v) is 6.32. The Bertz CT molecular complexity index is 1340. The van der Waals surface area contributed by atoms with E-state index < -0.39 is 0 Å². The lowest BCUT2D eigenvalue weighted by molar-refractivity contribution is 0.101. The van der Waals surface area contributed by atoms with Crippen LogP contribution in [0.25, 0.3) is 11.3 Å². The molecule has 1 aliphatic rings. The summed E-state index contributed by atoms with van der Waals surface area (Å²) in [5.41, 5.74) is 6.31. The zero-order chi connectivity index (χ0) is 24.2. The van der Waals surface area contributed by atoms with E-state index in [0.717, 1.165) is 59.7 Å². The minimum Gasteiger partial charge on any atom is -0.351 e. The molecule has 2 aromatic heterocycles. The third kappa shape index (κ3) is 5.22. The molecule has 2 aromatic carbocycles. The van der Waals surface area contributed by atoms with Crippen LogP contribution in [0.3, 0.4) is 0 Å². The van der Waals surface area contributed by atoms with Crippen LogP contribution < -0.4 is 10.2 Å². The molecule has 176 valence electrons. The molecule has 35 heavy (non-hydrogen) atoms. The molecule has 1 unspecified atom stereocenters. The molecular formula is C29H29N5O. The number of nitrogens with one attached hydrogen (secondary N) is 1. The fourth-order valence-corrected chi connectivity index (χ4v) is 4.58. The molecule has 0 amide bonds. The average Bonchev–Trinajstić information content (AvgIpc) is 2.89. The van der Waals surface area contributed by atoms with Crippen molar-refractivity contribution in [3.05, 3.63) is 95.8 Å². The number of hydrogen-bond donors (Lipinski definition) is 1. The normalized spacial score (nSPS) is 13.7. The number of ketones is 1. The molecule has 1 aliphatic heterocycles. The van der Waals surface area contributed by atoms with Gasteiger partial charge in [-0.15, -0.1) is 0 Å². The van der Waals surface area contributed by atoms with E-state index in [1.165, 1.54) is 5.56 Å². The first-order chi connectivity index (χ1) is 17.1. The van der Waals surface area contributed by atoms with Crippen molar-refractivity contribution in [3.8, 4) is 11.3 Å². The molecule has 6 nitrogen and oxygen atoms in total. The van der Waals surface area contributed by atoms with Crippen molar-refractivity contribution in [2.24, 2.45) is 0 Å². The molecule has 0 bridgehead atoms. The number of Topliss-reactive ketones (excluding diaryl/α,β-unsaturated/α-hetero) is 1. The van der Waals surface area contributed by atoms with Gasteiger partial charge in [0.25, 0.3) is 0 Å². The topological polar surface area (TPSA) is 71.0 Å². The van der Waals surface area contributed by atoms with Gasteiger partial charge in [0.2, 0.25) is 5.95 Å². The van der Waals surface area contributed by atoms with Crippen LogP contribution in [0.5, 0.6) is 0 Å². The highest BCUT2D eigenvalue weighted by molar-refractivity contribution is 5.94. The van der Waals surface area contributed by atoms with Crippen molar-refractivity contribution < 1.29 is 4.79 Å². The van der Waals surface area contributed by atoms with Crippen LogP contribution in [0, 0.1) is 0 Å². The van der Waals surface area contributed by atoms with E-state index in [2.05, 4.69) is 40.3 Å². The summed E-state index contributed by atoms with van der Waals surface area (Å²) in [6.45, 7) is 4.59. The maximum absolute atomic E-state index is 11.7. The maximum Gasteiger partial charge on any atom is 0.224 e. The molecular weight excluding hydrogens is 434 g/mol. The number of anilines is 3. The van der Waals surface area contributed by atoms with Crippen LogP contribution in [-0.4, -0.2) is 33.3 Å². The number of carbonyl (C=O) groups excluding carboxylic acids is 1. The van der Waals surface area contributed by atoms with E-state index in [1.807, 2.05) is 54.7 Å². The second-order valence-electron chi connectivity index (χ2n) is 9.06. The van der Waals surface area contributed by atoms with E-state index in [0.29, 0.717) is 5.95 Å². The zero-order valence-corrected chi connectivity index (χ0v) is 20.1. The van der Waals surface area contributed by atoms with Gasteiger partial charge in [0.1, 0.15) is 5.82 Å². The van der Waals surface area contributed by atoms with Crippen LogP contribution in [-0.2, 0) is 12.8 Å². The Morgan fingerprint density at radius 3 is 2.74 bits per heavy atom. The van der Waals surface area contributed by atoms with E-state index in [4.69, 9.17) is 9.97 Å².